The van der Waals surface area contributed by atoms with E-state index in [-0.39, 0.29) is 0 Å². The molecular weight excluding hydrogens is 180 g/mol. The van der Waals surface area contributed by atoms with E-state index in [1.807, 2.05) is 0 Å². The lowest BCUT2D eigenvalue weighted by Crippen LogP contribution is -2.10. The van der Waals surface area contributed by atoms with Gasteiger partial charge >= 0.3 is 0 Å². The van der Waals surface area contributed by atoms with Gasteiger partial charge in [-0.25, -0.2) is 0 Å². The third-order valence-corrected chi connectivity index (χ3v) is 3.70. The Morgan fingerprint density at radius 3 is 2.80 bits per heavy atom. The van der Waals surface area contributed by atoms with E-state index < -0.39 is 0 Å². The highest BCUT2D eigenvalue weighted by atomic mass is 14.3. The van der Waals surface area contributed by atoms with E-state index in [1.54, 1.807) is 5.57 Å². The Morgan fingerprint density at radius 2 is 2.13 bits per heavy atom. The fraction of sp³-hybridized carbons (Fsp3) is 0.467. The summed E-state index contributed by atoms with van der Waals surface area (Å²) in [6.45, 7) is 10.8. The molecule has 0 heteroatoms. The van der Waals surface area contributed by atoms with Crippen LogP contribution >= 0.6 is 0 Å². The van der Waals surface area contributed by atoms with Crippen molar-refractivity contribution in [3.63, 3.8) is 0 Å². The Morgan fingerprint density at radius 1 is 1.40 bits per heavy atom. The quantitative estimate of drug-likeness (QED) is 0.587. The maximum Gasteiger partial charge on any atom is -0.00900 e. The molecule has 0 aromatic heterocycles. The molecule has 0 saturated carbocycles. The van der Waals surface area contributed by atoms with E-state index in [4.69, 9.17) is 0 Å². The van der Waals surface area contributed by atoms with Gasteiger partial charge < -0.3 is 0 Å². The summed E-state index contributed by atoms with van der Waals surface area (Å²) < 4.78 is 0. The van der Waals surface area contributed by atoms with Crippen molar-refractivity contribution in [3.05, 3.63) is 47.1 Å². The van der Waals surface area contributed by atoms with Crippen molar-refractivity contribution in [1.29, 1.82) is 0 Å². The minimum Gasteiger partial charge on any atom is -0.0955 e. The van der Waals surface area contributed by atoms with Crippen molar-refractivity contribution in [2.24, 2.45) is 11.8 Å². The third-order valence-electron chi connectivity index (χ3n) is 3.70. The highest BCUT2D eigenvalue weighted by molar-refractivity contribution is 5.53. The lowest BCUT2D eigenvalue weighted by molar-refractivity contribution is 0.434. The van der Waals surface area contributed by atoms with E-state index in [0.717, 1.165) is 11.8 Å². The van der Waals surface area contributed by atoms with Crippen molar-refractivity contribution in [1.82, 2.24) is 0 Å². The Balaban J connectivity index is 2.52. The van der Waals surface area contributed by atoms with Crippen molar-refractivity contribution in [2.75, 3.05) is 0 Å². The molecule has 0 N–H and O–H groups in total. The highest BCUT2D eigenvalue weighted by Gasteiger charge is 2.29. The van der Waals surface area contributed by atoms with Gasteiger partial charge in [0, 0.05) is 0 Å². The standard InChI is InChI=1S/C15H20/c1-10(2)13-7-5-6-11(3)14-9-8-12(4)15(13)14/h5,7-8,11,14H,1,6,9H2,2-4H3/t11-,14+/m0/s1. The van der Waals surface area contributed by atoms with Gasteiger partial charge in [0.15, 0.2) is 0 Å². The summed E-state index contributed by atoms with van der Waals surface area (Å²) in [7, 11) is 0. The fourth-order valence-electron chi connectivity index (χ4n) is 2.78. The maximum atomic E-state index is 4.10. The first-order valence-electron chi connectivity index (χ1n) is 5.85. The molecule has 2 aliphatic rings. The molecule has 2 aliphatic carbocycles. The number of rotatable bonds is 1. The average Bonchev–Trinajstić information content (AvgIpc) is 2.45. The summed E-state index contributed by atoms with van der Waals surface area (Å²) in [6, 6.07) is 0. The molecule has 2 atom stereocenters. The first-order chi connectivity index (χ1) is 7.11. The number of hydrogen-bond acceptors (Lipinski definition) is 0. The molecular formula is C15H20. The lowest BCUT2D eigenvalue weighted by Gasteiger charge is -2.21. The molecule has 0 aromatic rings. The Bertz CT molecular complexity index is 377. The Kier molecular flexibility index (Phi) is 2.68. The summed E-state index contributed by atoms with van der Waals surface area (Å²) in [4.78, 5) is 0. The summed E-state index contributed by atoms with van der Waals surface area (Å²) in [5, 5.41) is 0. The predicted molar refractivity (Wildman–Crippen MR) is 66.6 cm³/mol. The van der Waals surface area contributed by atoms with Crippen molar-refractivity contribution in [3.8, 4) is 0 Å². The van der Waals surface area contributed by atoms with E-state index >= 15 is 0 Å². The van der Waals surface area contributed by atoms with Gasteiger partial charge in [0.05, 0.1) is 0 Å². The smallest absolute Gasteiger partial charge is 0.00900 e. The minimum absolute atomic E-state index is 0.728. The van der Waals surface area contributed by atoms with Gasteiger partial charge in [-0.2, -0.15) is 0 Å². The Labute approximate surface area is 93.1 Å². The second-order valence-corrected chi connectivity index (χ2v) is 4.95. The molecule has 0 fully saturated rings. The number of hydrogen-bond donors (Lipinski definition) is 0. The van der Waals surface area contributed by atoms with E-state index in [2.05, 4.69) is 45.6 Å². The SMILES string of the molecule is C=C(C)C1=C2C(C)=CC[C@@H]2[C@@H](C)CC=C1. The topological polar surface area (TPSA) is 0 Å². The molecule has 0 spiro atoms. The normalized spacial score (nSPS) is 29.9. The molecule has 0 heterocycles. The zero-order chi connectivity index (χ0) is 11.0. The molecule has 0 nitrogen and oxygen atoms in total. The van der Waals surface area contributed by atoms with Crippen LogP contribution in [0, 0.1) is 11.8 Å². The minimum atomic E-state index is 0.728. The predicted octanol–water partition coefficient (Wildman–Crippen LogP) is 4.42. The first-order valence-corrected chi connectivity index (χ1v) is 5.85. The molecule has 2 rings (SSSR count). The lowest BCUT2D eigenvalue weighted by atomic mass is 9.83. The zero-order valence-electron chi connectivity index (χ0n) is 10.0. The van der Waals surface area contributed by atoms with Crippen LogP contribution in [0.2, 0.25) is 0 Å². The van der Waals surface area contributed by atoms with Crippen LogP contribution in [-0.2, 0) is 0 Å². The molecule has 15 heavy (non-hydrogen) atoms. The number of fused-ring (bicyclic) bond motifs is 1. The van der Waals surface area contributed by atoms with Crippen LogP contribution in [0.25, 0.3) is 0 Å². The van der Waals surface area contributed by atoms with Gasteiger partial charge in [0.1, 0.15) is 0 Å². The largest absolute Gasteiger partial charge is 0.0955 e. The second-order valence-electron chi connectivity index (χ2n) is 4.95. The third kappa shape index (κ3) is 1.73. The van der Waals surface area contributed by atoms with Crippen LogP contribution in [-0.4, -0.2) is 0 Å². The summed E-state index contributed by atoms with van der Waals surface area (Å²) in [5.41, 5.74) is 5.62. The Hall–Kier alpha value is -1.04. The van der Waals surface area contributed by atoms with Crippen LogP contribution in [0.5, 0.6) is 0 Å². The summed E-state index contributed by atoms with van der Waals surface area (Å²) in [5.74, 6) is 1.49. The molecule has 0 unspecified atom stereocenters. The van der Waals surface area contributed by atoms with Crippen LogP contribution < -0.4 is 0 Å². The van der Waals surface area contributed by atoms with Crippen LogP contribution in [0.3, 0.4) is 0 Å². The zero-order valence-corrected chi connectivity index (χ0v) is 10.0. The van der Waals surface area contributed by atoms with Gasteiger partial charge in [-0.05, 0) is 49.7 Å². The maximum absolute atomic E-state index is 4.10. The van der Waals surface area contributed by atoms with Crippen LogP contribution in [0.1, 0.15) is 33.6 Å². The van der Waals surface area contributed by atoms with Crippen LogP contribution in [0.15, 0.2) is 47.1 Å². The van der Waals surface area contributed by atoms with Crippen molar-refractivity contribution in [2.45, 2.75) is 33.6 Å². The molecule has 0 aromatic carbocycles. The van der Waals surface area contributed by atoms with Gasteiger partial charge in [0.2, 0.25) is 0 Å². The van der Waals surface area contributed by atoms with E-state index in [1.165, 1.54) is 29.6 Å². The van der Waals surface area contributed by atoms with E-state index in [9.17, 15) is 0 Å². The van der Waals surface area contributed by atoms with Gasteiger partial charge in [-0.1, -0.05) is 42.9 Å². The monoisotopic (exact) mass is 200 g/mol. The van der Waals surface area contributed by atoms with Crippen molar-refractivity contribution < 1.29 is 0 Å². The average molecular weight is 200 g/mol. The van der Waals surface area contributed by atoms with E-state index in [0.29, 0.717) is 0 Å². The number of allylic oxidation sites excluding steroid dienone is 7. The summed E-state index contributed by atoms with van der Waals surface area (Å²) >= 11 is 0. The fourth-order valence-corrected chi connectivity index (χ4v) is 2.78. The highest BCUT2D eigenvalue weighted by Crippen LogP contribution is 2.42. The molecule has 0 aliphatic heterocycles. The van der Waals surface area contributed by atoms with Gasteiger partial charge in [0.25, 0.3) is 0 Å². The van der Waals surface area contributed by atoms with Crippen LogP contribution in [0.4, 0.5) is 0 Å². The van der Waals surface area contributed by atoms with Gasteiger partial charge in [-0.15, -0.1) is 0 Å². The molecule has 0 amide bonds. The molecule has 80 valence electrons. The second kappa shape index (κ2) is 3.84. The van der Waals surface area contributed by atoms with Gasteiger partial charge in [-0.3, -0.25) is 0 Å². The molecule has 0 saturated heterocycles. The molecule has 0 radical (unpaired) electrons. The van der Waals surface area contributed by atoms with Crippen molar-refractivity contribution >= 4 is 0 Å². The summed E-state index contributed by atoms with van der Waals surface area (Å²) in [6.07, 6.45) is 9.40. The molecule has 0 bridgehead atoms. The first kappa shape index (κ1) is 10.5.